The Morgan fingerprint density at radius 1 is 0.867 bits per heavy atom. The van der Waals surface area contributed by atoms with E-state index in [4.69, 9.17) is 11.6 Å². The topological polar surface area (TPSA) is 37.4 Å². The maximum absolute atomic E-state index is 13.9. The summed E-state index contributed by atoms with van der Waals surface area (Å²) in [6.07, 6.45) is 0. The Hall–Kier alpha value is -2.91. The lowest BCUT2D eigenvalue weighted by Gasteiger charge is -2.52. The number of nitrogens with zero attached hydrogens (tertiary/aromatic N) is 1. The highest BCUT2D eigenvalue weighted by Crippen LogP contribution is 2.64. The van der Waals surface area contributed by atoms with Gasteiger partial charge in [0.25, 0.3) is 0 Å². The van der Waals surface area contributed by atoms with E-state index in [9.17, 15) is 9.59 Å². The van der Waals surface area contributed by atoms with Crippen LogP contribution in [0, 0.1) is 18.8 Å². The lowest BCUT2D eigenvalue weighted by atomic mass is 9.48. The van der Waals surface area contributed by atoms with E-state index in [0.717, 1.165) is 5.56 Å². The van der Waals surface area contributed by atoms with Crippen LogP contribution in [0.3, 0.4) is 0 Å². The molecule has 2 amide bonds. The first-order valence-electron chi connectivity index (χ1n) is 10.3. The van der Waals surface area contributed by atoms with Gasteiger partial charge in [-0.3, -0.25) is 9.59 Å². The summed E-state index contributed by atoms with van der Waals surface area (Å²) < 4.78 is 0. The van der Waals surface area contributed by atoms with Crippen LogP contribution in [0.25, 0.3) is 0 Å². The number of amides is 2. The molecular formula is C26H20ClNO2. The Balaban J connectivity index is 1.63. The van der Waals surface area contributed by atoms with Gasteiger partial charge in [-0.15, -0.1) is 0 Å². The van der Waals surface area contributed by atoms with Crippen LogP contribution >= 0.6 is 11.6 Å². The van der Waals surface area contributed by atoms with Gasteiger partial charge in [-0.1, -0.05) is 73.1 Å². The Labute approximate surface area is 180 Å². The fourth-order valence-electron chi connectivity index (χ4n) is 6.21. The highest BCUT2D eigenvalue weighted by molar-refractivity contribution is 6.31. The summed E-state index contributed by atoms with van der Waals surface area (Å²) in [5.74, 6) is -1.16. The van der Waals surface area contributed by atoms with Gasteiger partial charge in [0, 0.05) is 16.4 Å². The van der Waals surface area contributed by atoms with E-state index in [1.807, 2.05) is 37.3 Å². The number of halogens is 1. The quantitative estimate of drug-likeness (QED) is 0.513. The molecule has 0 spiro atoms. The molecule has 1 heterocycles. The van der Waals surface area contributed by atoms with Gasteiger partial charge in [0.1, 0.15) is 0 Å². The first-order valence-corrected chi connectivity index (χ1v) is 10.6. The van der Waals surface area contributed by atoms with Crippen LogP contribution in [0.2, 0.25) is 5.02 Å². The number of benzene rings is 3. The number of imide groups is 1. The summed E-state index contributed by atoms with van der Waals surface area (Å²) in [6, 6.07) is 22.0. The van der Waals surface area contributed by atoms with Gasteiger partial charge in [0.2, 0.25) is 11.8 Å². The molecule has 0 saturated carbocycles. The molecule has 0 unspecified atom stereocenters. The van der Waals surface area contributed by atoms with Crippen LogP contribution in [-0.4, -0.2) is 11.8 Å². The second-order valence-corrected chi connectivity index (χ2v) is 9.24. The predicted octanol–water partition coefficient (Wildman–Crippen LogP) is 5.22. The summed E-state index contributed by atoms with van der Waals surface area (Å²) in [5, 5.41) is 0.520. The molecule has 3 nitrogen and oxygen atoms in total. The Morgan fingerprint density at radius 2 is 1.47 bits per heavy atom. The number of rotatable bonds is 1. The molecule has 4 heteroatoms. The zero-order valence-corrected chi connectivity index (χ0v) is 17.5. The number of carbonyl (C=O) groups excluding carboxylic acids is 2. The number of carbonyl (C=O) groups is 2. The van der Waals surface area contributed by atoms with Crippen LogP contribution in [0.4, 0.5) is 5.69 Å². The van der Waals surface area contributed by atoms with E-state index in [2.05, 4.69) is 31.2 Å². The molecule has 7 rings (SSSR count). The van der Waals surface area contributed by atoms with E-state index >= 15 is 0 Å². The largest absolute Gasteiger partial charge is 0.274 e. The van der Waals surface area contributed by atoms with E-state index in [-0.39, 0.29) is 17.7 Å². The molecule has 0 aromatic heterocycles. The Kier molecular flexibility index (Phi) is 3.48. The average Bonchev–Trinajstić information content (AvgIpc) is 3.02. The van der Waals surface area contributed by atoms with Crippen molar-refractivity contribution < 1.29 is 9.59 Å². The van der Waals surface area contributed by atoms with Crippen molar-refractivity contribution in [2.45, 2.75) is 25.2 Å². The van der Waals surface area contributed by atoms with Crippen LogP contribution in [0.1, 0.15) is 40.7 Å². The molecule has 1 aliphatic heterocycles. The van der Waals surface area contributed by atoms with Crippen molar-refractivity contribution in [1.29, 1.82) is 0 Å². The maximum atomic E-state index is 13.9. The van der Waals surface area contributed by atoms with Crippen LogP contribution in [0.5, 0.6) is 0 Å². The average molecular weight is 414 g/mol. The number of anilines is 1. The van der Waals surface area contributed by atoms with Gasteiger partial charge in [0.05, 0.1) is 17.5 Å². The third-order valence-electron chi connectivity index (χ3n) is 7.46. The standard InChI is InChI=1S/C26H20ClNO2/c1-14-11-12-15(27)13-20(14)28-24(29)22-21-16-7-3-5-9-18(16)26(2,23(22)25(28)30)19-10-6-4-8-17(19)21/h3-13,21-23H,1-2H3/t21?,22-,23+,26?/m0/s1. The molecular weight excluding hydrogens is 394 g/mol. The first kappa shape index (κ1) is 17.9. The molecule has 3 aromatic rings. The number of hydrogen-bond acceptors (Lipinski definition) is 2. The van der Waals surface area contributed by atoms with E-state index in [1.165, 1.54) is 27.2 Å². The van der Waals surface area contributed by atoms with Gasteiger partial charge < -0.3 is 0 Å². The third-order valence-corrected chi connectivity index (χ3v) is 7.69. The molecule has 3 aliphatic carbocycles. The normalized spacial score (nSPS) is 28.4. The molecule has 2 atom stereocenters. The van der Waals surface area contributed by atoms with E-state index in [1.54, 1.807) is 12.1 Å². The molecule has 3 aromatic carbocycles. The minimum absolute atomic E-state index is 0.106. The highest BCUT2D eigenvalue weighted by atomic mass is 35.5. The van der Waals surface area contributed by atoms with Crippen LogP contribution in [-0.2, 0) is 15.0 Å². The lowest BCUT2D eigenvalue weighted by Crippen LogP contribution is -2.51. The second-order valence-electron chi connectivity index (χ2n) is 8.80. The van der Waals surface area contributed by atoms with Crippen molar-refractivity contribution >= 4 is 29.1 Å². The second kappa shape index (κ2) is 5.83. The highest BCUT2D eigenvalue weighted by Gasteiger charge is 2.66. The van der Waals surface area contributed by atoms with Gasteiger partial charge in [-0.2, -0.15) is 0 Å². The zero-order chi connectivity index (χ0) is 20.8. The molecule has 0 radical (unpaired) electrons. The molecule has 1 saturated heterocycles. The molecule has 1 fully saturated rings. The zero-order valence-electron chi connectivity index (χ0n) is 16.7. The number of aryl methyl sites for hydroxylation is 1. The van der Waals surface area contributed by atoms with Crippen molar-refractivity contribution in [3.63, 3.8) is 0 Å². The van der Waals surface area contributed by atoms with Crippen LogP contribution < -0.4 is 4.90 Å². The van der Waals surface area contributed by atoms with E-state index in [0.29, 0.717) is 10.7 Å². The minimum atomic E-state index is -0.541. The SMILES string of the molecule is Cc1ccc(Cl)cc1N1C(=O)[C@H]2C3c4ccccc4C(C)(c4ccccc43)[C@H]2C1=O. The summed E-state index contributed by atoms with van der Waals surface area (Å²) in [7, 11) is 0. The van der Waals surface area contributed by atoms with Gasteiger partial charge in [-0.25, -0.2) is 4.90 Å². The molecule has 2 bridgehead atoms. The first-order chi connectivity index (χ1) is 14.4. The Bertz CT molecular complexity index is 1220. The van der Waals surface area contributed by atoms with Crippen molar-refractivity contribution in [2.75, 3.05) is 4.90 Å². The monoisotopic (exact) mass is 413 g/mol. The molecule has 0 N–H and O–H groups in total. The molecule has 148 valence electrons. The van der Waals surface area contributed by atoms with Crippen LogP contribution in [0.15, 0.2) is 66.7 Å². The van der Waals surface area contributed by atoms with Gasteiger partial charge >= 0.3 is 0 Å². The van der Waals surface area contributed by atoms with E-state index < -0.39 is 17.3 Å². The summed E-state index contributed by atoms with van der Waals surface area (Å²) in [5.41, 5.74) is 5.61. The van der Waals surface area contributed by atoms with Crippen molar-refractivity contribution in [1.82, 2.24) is 0 Å². The maximum Gasteiger partial charge on any atom is 0.238 e. The third kappa shape index (κ3) is 1.96. The molecule has 4 aliphatic rings. The lowest BCUT2D eigenvalue weighted by molar-refractivity contribution is -0.123. The predicted molar refractivity (Wildman–Crippen MR) is 117 cm³/mol. The molecule has 30 heavy (non-hydrogen) atoms. The summed E-state index contributed by atoms with van der Waals surface area (Å²) >= 11 is 6.24. The smallest absolute Gasteiger partial charge is 0.238 e. The number of hydrogen-bond donors (Lipinski definition) is 0. The van der Waals surface area contributed by atoms with Gasteiger partial charge in [-0.05, 0) is 46.9 Å². The summed E-state index contributed by atoms with van der Waals surface area (Å²) in [4.78, 5) is 29.1. The fourth-order valence-corrected chi connectivity index (χ4v) is 6.38. The van der Waals surface area contributed by atoms with Crippen molar-refractivity contribution in [2.24, 2.45) is 11.8 Å². The Morgan fingerprint density at radius 3 is 2.10 bits per heavy atom. The van der Waals surface area contributed by atoms with Gasteiger partial charge in [0.15, 0.2) is 0 Å². The minimum Gasteiger partial charge on any atom is -0.274 e. The van der Waals surface area contributed by atoms with Crippen molar-refractivity contribution in [3.8, 4) is 0 Å². The fraction of sp³-hybridized carbons (Fsp3) is 0.231. The summed E-state index contributed by atoms with van der Waals surface area (Å²) in [6.45, 7) is 4.05. The van der Waals surface area contributed by atoms with Crippen molar-refractivity contribution in [3.05, 3.63) is 99.6 Å².